The lowest BCUT2D eigenvalue weighted by molar-refractivity contribution is 0.813. The topological polar surface area (TPSA) is 71.8 Å². The predicted molar refractivity (Wildman–Crippen MR) is 89.7 cm³/mol. The molecular weight excluding hydrogens is 350 g/mol. The van der Waals surface area contributed by atoms with E-state index < -0.39 is 0 Å². The van der Waals surface area contributed by atoms with Crippen LogP contribution >= 0.6 is 27.7 Å². The Morgan fingerprint density at radius 3 is 2.81 bits per heavy atom. The fourth-order valence-corrected chi connectivity index (χ4v) is 3.36. The van der Waals surface area contributed by atoms with Gasteiger partial charge in [0.2, 0.25) is 0 Å². The van der Waals surface area contributed by atoms with Crippen LogP contribution in [0.15, 0.2) is 43.6 Å². The first-order valence-corrected chi connectivity index (χ1v) is 8.43. The van der Waals surface area contributed by atoms with Gasteiger partial charge in [-0.1, -0.05) is 31.2 Å². The fraction of sp³-hybridized carbons (Fsp3) is 0.333. The number of halogens is 1. The molecule has 1 unspecified atom stereocenters. The largest absolute Gasteiger partial charge is 0.324 e. The lowest BCUT2D eigenvalue weighted by Gasteiger charge is -2.09. The summed E-state index contributed by atoms with van der Waals surface area (Å²) in [6.45, 7) is 4.01. The summed E-state index contributed by atoms with van der Waals surface area (Å²) in [6.07, 6.45) is 1.77. The Morgan fingerprint density at radius 2 is 2.19 bits per heavy atom. The second kappa shape index (κ2) is 7.24. The number of nitrogens with zero attached hydrogens (tertiary/aromatic N) is 1. The summed E-state index contributed by atoms with van der Waals surface area (Å²) in [5.41, 5.74) is 7.65. The van der Waals surface area contributed by atoms with Crippen molar-refractivity contribution in [3.8, 4) is 0 Å². The van der Waals surface area contributed by atoms with E-state index in [4.69, 9.17) is 5.73 Å². The standard InChI is InChI=1S/C15H18BrN3OS/c1-3-4-11-8-14(20)19-15(18-11)21-13-6-5-10(9(2)17)7-12(13)16/h5-9H,3-4,17H2,1-2H3,(H,18,19,20). The Hall–Kier alpha value is -1.11. The highest BCUT2D eigenvalue weighted by atomic mass is 79.9. The highest BCUT2D eigenvalue weighted by Gasteiger charge is 2.08. The van der Waals surface area contributed by atoms with Gasteiger partial charge in [-0.15, -0.1) is 0 Å². The van der Waals surface area contributed by atoms with Crippen molar-refractivity contribution in [2.45, 2.75) is 42.8 Å². The number of aryl methyl sites for hydroxylation is 1. The van der Waals surface area contributed by atoms with Crippen molar-refractivity contribution >= 4 is 27.7 Å². The third-order valence-corrected chi connectivity index (χ3v) is 4.85. The normalized spacial score (nSPS) is 12.4. The van der Waals surface area contributed by atoms with Crippen LogP contribution in [0.3, 0.4) is 0 Å². The number of rotatable bonds is 5. The first-order chi connectivity index (χ1) is 9.99. The molecule has 0 radical (unpaired) electrons. The molecule has 1 aromatic heterocycles. The van der Waals surface area contributed by atoms with E-state index in [-0.39, 0.29) is 11.6 Å². The molecule has 0 saturated carbocycles. The first kappa shape index (κ1) is 16.3. The monoisotopic (exact) mass is 367 g/mol. The molecule has 0 aliphatic carbocycles. The van der Waals surface area contributed by atoms with Gasteiger partial charge >= 0.3 is 0 Å². The minimum absolute atomic E-state index is 0.00818. The molecule has 0 bridgehead atoms. The molecule has 0 aliphatic rings. The van der Waals surface area contributed by atoms with Crippen molar-refractivity contribution in [2.24, 2.45) is 5.73 Å². The van der Waals surface area contributed by atoms with Crippen molar-refractivity contribution in [3.63, 3.8) is 0 Å². The minimum Gasteiger partial charge on any atom is -0.324 e. The Bertz CT molecular complexity index is 685. The summed E-state index contributed by atoms with van der Waals surface area (Å²) >= 11 is 4.98. The molecule has 0 amide bonds. The number of hydrogen-bond acceptors (Lipinski definition) is 4. The number of aromatic amines is 1. The van der Waals surface area contributed by atoms with Crippen molar-refractivity contribution in [1.82, 2.24) is 9.97 Å². The van der Waals surface area contributed by atoms with E-state index in [1.165, 1.54) is 11.8 Å². The Morgan fingerprint density at radius 1 is 1.43 bits per heavy atom. The number of aromatic nitrogens is 2. The molecule has 21 heavy (non-hydrogen) atoms. The van der Waals surface area contributed by atoms with Gasteiger partial charge in [0.1, 0.15) is 0 Å². The van der Waals surface area contributed by atoms with Crippen LogP contribution in [0.5, 0.6) is 0 Å². The van der Waals surface area contributed by atoms with E-state index in [0.29, 0.717) is 5.16 Å². The molecule has 0 spiro atoms. The molecule has 1 aromatic carbocycles. The zero-order valence-corrected chi connectivity index (χ0v) is 14.4. The molecule has 2 aromatic rings. The number of nitrogens with one attached hydrogen (secondary N) is 1. The zero-order chi connectivity index (χ0) is 15.4. The van der Waals surface area contributed by atoms with E-state index in [1.54, 1.807) is 6.07 Å². The minimum atomic E-state index is -0.112. The van der Waals surface area contributed by atoms with Crippen LogP contribution in [-0.4, -0.2) is 9.97 Å². The van der Waals surface area contributed by atoms with Crippen molar-refractivity contribution in [3.05, 3.63) is 50.3 Å². The van der Waals surface area contributed by atoms with Crippen LogP contribution in [0.1, 0.15) is 37.6 Å². The van der Waals surface area contributed by atoms with E-state index in [0.717, 1.165) is 33.5 Å². The molecule has 3 N–H and O–H groups in total. The van der Waals surface area contributed by atoms with E-state index in [2.05, 4.69) is 32.8 Å². The van der Waals surface area contributed by atoms with Crippen LogP contribution in [0.4, 0.5) is 0 Å². The molecule has 6 heteroatoms. The maximum Gasteiger partial charge on any atom is 0.251 e. The van der Waals surface area contributed by atoms with Gasteiger partial charge in [0.25, 0.3) is 5.56 Å². The molecule has 2 rings (SSSR count). The third kappa shape index (κ3) is 4.43. The quantitative estimate of drug-likeness (QED) is 0.791. The van der Waals surface area contributed by atoms with Gasteiger partial charge < -0.3 is 10.7 Å². The number of nitrogens with two attached hydrogens (primary N) is 1. The summed E-state index contributed by atoms with van der Waals surface area (Å²) in [5, 5.41) is 0.611. The molecular formula is C15H18BrN3OS. The van der Waals surface area contributed by atoms with Crippen molar-refractivity contribution in [2.75, 3.05) is 0 Å². The third-order valence-electron chi connectivity index (χ3n) is 2.97. The van der Waals surface area contributed by atoms with Crippen LogP contribution in [0.2, 0.25) is 0 Å². The van der Waals surface area contributed by atoms with Gasteiger partial charge in [0.05, 0.1) is 0 Å². The summed E-state index contributed by atoms with van der Waals surface area (Å²) in [4.78, 5) is 19.9. The molecule has 112 valence electrons. The lowest BCUT2D eigenvalue weighted by Crippen LogP contribution is -2.10. The smallest absolute Gasteiger partial charge is 0.251 e. The fourth-order valence-electron chi connectivity index (χ4n) is 1.90. The maximum absolute atomic E-state index is 11.7. The van der Waals surface area contributed by atoms with Gasteiger partial charge in [-0.25, -0.2) is 4.98 Å². The average molecular weight is 368 g/mol. The van der Waals surface area contributed by atoms with Gasteiger partial charge in [-0.2, -0.15) is 0 Å². The molecule has 1 atom stereocenters. The van der Waals surface area contributed by atoms with Crippen molar-refractivity contribution < 1.29 is 0 Å². The highest BCUT2D eigenvalue weighted by molar-refractivity contribution is 9.10. The van der Waals surface area contributed by atoms with Crippen LogP contribution in [0.25, 0.3) is 0 Å². The summed E-state index contributed by atoms with van der Waals surface area (Å²) in [6, 6.07) is 7.53. The Labute approximate surface area is 136 Å². The second-order valence-corrected chi connectivity index (χ2v) is 6.76. The SMILES string of the molecule is CCCc1cc(=O)[nH]c(Sc2ccc(C(C)N)cc2Br)n1. The van der Waals surface area contributed by atoms with E-state index >= 15 is 0 Å². The van der Waals surface area contributed by atoms with Gasteiger partial charge in [-0.05, 0) is 47.0 Å². The highest BCUT2D eigenvalue weighted by Crippen LogP contribution is 2.32. The molecule has 0 aliphatic heterocycles. The van der Waals surface area contributed by atoms with Gasteiger partial charge in [0.15, 0.2) is 5.16 Å². The summed E-state index contributed by atoms with van der Waals surface area (Å²) in [5.74, 6) is 0. The van der Waals surface area contributed by atoms with Gasteiger partial charge in [-0.3, -0.25) is 4.79 Å². The van der Waals surface area contributed by atoms with Crippen LogP contribution < -0.4 is 11.3 Å². The molecule has 4 nitrogen and oxygen atoms in total. The summed E-state index contributed by atoms with van der Waals surface area (Å²) < 4.78 is 0.950. The van der Waals surface area contributed by atoms with E-state index in [9.17, 15) is 4.79 Å². The summed E-state index contributed by atoms with van der Waals surface area (Å²) in [7, 11) is 0. The zero-order valence-electron chi connectivity index (χ0n) is 12.0. The van der Waals surface area contributed by atoms with Crippen LogP contribution in [0, 0.1) is 0 Å². The molecule has 0 saturated heterocycles. The van der Waals surface area contributed by atoms with Crippen molar-refractivity contribution in [1.29, 1.82) is 0 Å². The van der Waals surface area contributed by atoms with E-state index in [1.807, 2.05) is 25.1 Å². The predicted octanol–water partition coefficient (Wildman–Crippen LogP) is 3.66. The number of benzene rings is 1. The Balaban J connectivity index is 2.27. The maximum atomic E-state index is 11.7. The van der Waals surface area contributed by atoms with Crippen LogP contribution in [-0.2, 0) is 6.42 Å². The molecule has 1 heterocycles. The number of H-pyrrole nitrogens is 1. The average Bonchev–Trinajstić information content (AvgIpc) is 2.40. The Kier molecular flexibility index (Phi) is 5.61. The number of hydrogen-bond donors (Lipinski definition) is 2. The molecule has 0 fully saturated rings. The lowest BCUT2D eigenvalue weighted by atomic mass is 10.1. The van der Waals surface area contributed by atoms with Gasteiger partial charge in [0, 0.05) is 27.2 Å². The first-order valence-electron chi connectivity index (χ1n) is 6.82. The second-order valence-electron chi connectivity index (χ2n) is 4.87.